The van der Waals surface area contributed by atoms with Gasteiger partial charge in [-0.05, 0) is 0 Å². The predicted molar refractivity (Wildman–Crippen MR) is 355 cm³/mol. The standard InChI is InChI=1S/C64H110N2O51/c1-14(77)65-16(3-67)28(80)48(17(79)4-68)110-56-27(66-15(2)78)37(89)49(25(12-76)108-56)111-61-47(99)52(36(88)26(109-61)13-100-57-43(95)38(90)29(81)18(5-69)101-57)114-63-55(42(94)33(85)21(8-72)106-63)117-64-54(41(93)32(84)22(9-73)107-64)116-60-45(97)50(34(86)23(10-74)104-60)112-59-46(98)51(35(87)24(11-75)103-59)113-62-53(40(92)31(83)20(7-71)105-62)115-58-44(96)39(91)30(82)19(6-70)102-58/h16-64,67-76,79-99H,3-13H2,1-2H3,(H,65,77)(H,66,78)/t16-,17+,18+,19+,20+,21+,22+,23+,24+,25+,26+,27+,28+,29+,30+,31+,32+,33+,34+,35+,36+,37+,38-,39-,40-,41-,42-,43-,44+,45+,46+,47-,48+,49+,50-,51-,52-,53+,54-,55-,56-,57-,58+,59+,60+,61-,62+,63+,64+/m0/s1. The summed E-state index contributed by atoms with van der Waals surface area (Å²) in [5, 5.41) is 346. The second kappa shape index (κ2) is 43.3. The molecule has 0 aromatic carbocycles. The van der Waals surface area contributed by atoms with Gasteiger partial charge < -0.3 is 254 Å². The Labute approximate surface area is 661 Å². The number of carbonyl (C=O) groups is 2. The largest absolute Gasteiger partial charge is 0.394 e. The molecule has 0 saturated carbocycles. The number of aliphatic hydroxyl groups excluding tert-OH is 31. The summed E-state index contributed by atoms with van der Waals surface area (Å²) in [5.74, 6) is -1.78. The van der Waals surface area contributed by atoms with Crippen LogP contribution in [0.1, 0.15) is 13.8 Å². The molecule has 0 radical (unpaired) electrons. The van der Waals surface area contributed by atoms with Crippen LogP contribution in [0.4, 0.5) is 0 Å². The highest BCUT2D eigenvalue weighted by Crippen LogP contribution is 2.41. The van der Waals surface area contributed by atoms with Gasteiger partial charge in [0.05, 0.1) is 78.7 Å². The van der Waals surface area contributed by atoms with Crippen molar-refractivity contribution in [3.05, 3.63) is 0 Å². The van der Waals surface area contributed by atoms with Crippen molar-refractivity contribution in [3.8, 4) is 0 Å². The summed E-state index contributed by atoms with van der Waals surface area (Å²) in [7, 11) is 0. The molecular weight excluding hydrogens is 1610 g/mol. The number of hydrogen-bond acceptors (Lipinski definition) is 51. The van der Waals surface area contributed by atoms with Crippen molar-refractivity contribution < 1.29 is 253 Å². The third kappa shape index (κ3) is 21.6. The average Bonchev–Trinajstić information content (AvgIpc) is 0.673. The van der Waals surface area contributed by atoms with E-state index >= 15 is 0 Å². The van der Waals surface area contributed by atoms with Gasteiger partial charge in [-0.2, -0.15) is 0 Å². The highest BCUT2D eigenvalue weighted by atomic mass is 16.8. The molecule has 9 aliphatic heterocycles. The third-order valence-corrected chi connectivity index (χ3v) is 21.3. The lowest BCUT2D eigenvalue weighted by Crippen LogP contribution is -2.70. The highest BCUT2D eigenvalue weighted by Gasteiger charge is 2.62. The Morgan fingerprint density at radius 3 is 0.940 bits per heavy atom. The predicted octanol–water partition coefficient (Wildman–Crippen LogP) is -22.9. The molecule has 0 aromatic rings. The first-order valence-electron chi connectivity index (χ1n) is 37.1. The average molecular weight is 1720 g/mol. The molecule has 53 nitrogen and oxygen atoms in total. The number of carbonyl (C=O) groups excluding carboxylic acids is 2. The minimum atomic E-state index is -2.58. The van der Waals surface area contributed by atoms with E-state index in [2.05, 4.69) is 10.6 Å². The van der Waals surface area contributed by atoms with E-state index in [9.17, 15) is 168 Å². The molecule has 0 bridgehead atoms. The van der Waals surface area contributed by atoms with Crippen molar-refractivity contribution in [3.63, 3.8) is 0 Å². The summed E-state index contributed by atoms with van der Waals surface area (Å²) in [6.45, 7) is -10.5. The van der Waals surface area contributed by atoms with E-state index in [1.54, 1.807) is 0 Å². The Hall–Kier alpha value is -3.02. The number of nitrogens with one attached hydrogen (secondary N) is 2. The van der Waals surface area contributed by atoms with Crippen molar-refractivity contribution in [2.75, 3.05) is 72.7 Å². The molecule has 9 saturated heterocycles. The van der Waals surface area contributed by atoms with Crippen LogP contribution in [0.5, 0.6) is 0 Å². The van der Waals surface area contributed by atoms with Crippen molar-refractivity contribution in [1.82, 2.24) is 10.6 Å². The molecule has 0 unspecified atom stereocenters. The quantitative estimate of drug-likeness (QED) is 0.0284. The monoisotopic (exact) mass is 1720 g/mol. The lowest BCUT2D eigenvalue weighted by molar-refractivity contribution is -0.413. The van der Waals surface area contributed by atoms with Crippen molar-refractivity contribution in [1.29, 1.82) is 0 Å². The lowest BCUT2D eigenvalue weighted by atomic mass is 9.94. The van der Waals surface area contributed by atoms with E-state index in [0.29, 0.717) is 0 Å². The molecule has 9 fully saturated rings. The molecule has 9 aliphatic rings. The molecule has 9 heterocycles. The van der Waals surface area contributed by atoms with Gasteiger partial charge in [-0.25, -0.2) is 0 Å². The Morgan fingerprint density at radius 2 is 0.581 bits per heavy atom. The number of aliphatic hydroxyl groups is 31. The summed E-state index contributed by atoms with van der Waals surface area (Å²) < 4.78 is 105. The first-order valence-corrected chi connectivity index (χ1v) is 37.1. The van der Waals surface area contributed by atoms with Gasteiger partial charge in [-0.1, -0.05) is 0 Å². The Bertz CT molecular complexity index is 2990. The second-order valence-electron chi connectivity index (χ2n) is 29.3. The summed E-state index contributed by atoms with van der Waals surface area (Å²) in [5.41, 5.74) is 0. The van der Waals surface area contributed by atoms with Gasteiger partial charge in [0.1, 0.15) is 238 Å². The fourth-order valence-corrected chi connectivity index (χ4v) is 14.7. The minimum absolute atomic E-state index is 0.808. The molecule has 53 heteroatoms. The molecule has 49 atom stereocenters. The van der Waals surface area contributed by atoms with Crippen LogP contribution in [0, 0.1) is 0 Å². The van der Waals surface area contributed by atoms with Gasteiger partial charge in [0, 0.05) is 13.8 Å². The summed E-state index contributed by atoms with van der Waals surface area (Å²) in [6, 6.07) is -3.59. The fourth-order valence-electron chi connectivity index (χ4n) is 14.7. The Morgan fingerprint density at radius 1 is 0.291 bits per heavy atom. The van der Waals surface area contributed by atoms with Crippen LogP contribution in [0.3, 0.4) is 0 Å². The number of ether oxygens (including phenoxy) is 18. The fraction of sp³-hybridized carbons (Fsp3) is 0.969. The molecule has 117 heavy (non-hydrogen) atoms. The van der Waals surface area contributed by atoms with Gasteiger partial charge in [0.15, 0.2) is 56.6 Å². The van der Waals surface area contributed by atoms with Crippen LogP contribution in [-0.2, 0) is 94.9 Å². The maximum Gasteiger partial charge on any atom is 0.217 e. The summed E-state index contributed by atoms with van der Waals surface area (Å²) in [4.78, 5) is 24.9. The van der Waals surface area contributed by atoms with E-state index in [4.69, 9.17) is 85.3 Å². The van der Waals surface area contributed by atoms with Crippen LogP contribution in [0.15, 0.2) is 0 Å². The third-order valence-electron chi connectivity index (χ3n) is 21.3. The van der Waals surface area contributed by atoms with Gasteiger partial charge in [0.2, 0.25) is 11.8 Å². The normalized spacial score (nSPS) is 48.6. The van der Waals surface area contributed by atoms with E-state index in [1.165, 1.54) is 0 Å². The molecule has 33 N–H and O–H groups in total. The van der Waals surface area contributed by atoms with Crippen molar-refractivity contribution in [2.24, 2.45) is 0 Å². The van der Waals surface area contributed by atoms with Crippen LogP contribution < -0.4 is 10.6 Å². The second-order valence-corrected chi connectivity index (χ2v) is 29.3. The first kappa shape index (κ1) is 97.8. The molecule has 9 rings (SSSR count). The Kier molecular flexibility index (Phi) is 36.1. The zero-order valence-corrected chi connectivity index (χ0v) is 62.1. The van der Waals surface area contributed by atoms with Gasteiger partial charge in [-0.15, -0.1) is 0 Å². The van der Waals surface area contributed by atoms with Crippen LogP contribution in [0.2, 0.25) is 0 Å². The molecule has 0 spiro atoms. The lowest BCUT2D eigenvalue weighted by Gasteiger charge is -2.51. The van der Waals surface area contributed by atoms with E-state index in [-0.39, 0.29) is 0 Å². The zero-order chi connectivity index (χ0) is 86.4. The zero-order valence-electron chi connectivity index (χ0n) is 62.1. The van der Waals surface area contributed by atoms with E-state index in [0.717, 1.165) is 13.8 Å². The molecular formula is C64H110N2O51. The smallest absolute Gasteiger partial charge is 0.217 e. The van der Waals surface area contributed by atoms with Crippen LogP contribution in [-0.4, -0.2) is 543 Å². The molecule has 682 valence electrons. The first-order chi connectivity index (χ1) is 55.4. The van der Waals surface area contributed by atoms with E-state index in [1.807, 2.05) is 0 Å². The SMILES string of the molecule is CC(=O)N[C@H]1[C@H](O[C@@H]([C@H](O)[C@H](CO)NC(C)=O)[C@H](O)CO)O[C@H](CO)[C@@H](O[C@@H]2O[C@H](CO[C@H]3O[C@H](CO)[C@@H](O)[C@H](O)[C@@H]3O)[C@@H](O)[C@H](O[C@H]3O[C@H](CO)[C@@H](O)[C@H](O)[C@@H]3O[C@H]3O[C@H](CO)[C@@H](O)[C@H](O)[C@@H]3O[C@H]3O[C@H](CO)[C@@H](O)[C@H](O[C@H]4O[C@H](CO)[C@@H](O)[C@H](O[C@H]5O[C@H](CO)[C@@H](O)[C@H](O)[C@H]5O[C@H]5O[C@H](CO)[C@@H](O)[C@H](O)[C@H]5O)[C@H]4O)[C@H]3O)[C@@H]2O)[C@@H]1O. The molecule has 0 aliphatic carbocycles. The summed E-state index contributed by atoms with van der Waals surface area (Å²) in [6.07, 6.45) is -103. The summed E-state index contributed by atoms with van der Waals surface area (Å²) >= 11 is 0. The number of rotatable bonds is 34. The van der Waals surface area contributed by atoms with E-state index < -0.39 is 385 Å². The van der Waals surface area contributed by atoms with Gasteiger partial charge in [-0.3, -0.25) is 9.59 Å². The highest BCUT2D eigenvalue weighted by molar-refractivity contribution is 5.73. The van der Waals surface area contributed by atoms with Crippen LogP contribution >= 0.6 is 0 Å². The minimum Gasteiger partial charge on any atom is -0.394 e. The maximum atomic E-state index is 12.9. The van der Waals surface area contributed by atoms with Crippen molar-refractivity contribution in [2.45, 2.75) is 314 Å². The maximum absolute atomic E-state index is 12.9. The number of amides is 2. The van der Waals surface area contributed by atoms with Crippen LogP contribution in [0.25, 0.3) is 0 Å². The topological polar surface area (TPSA) is 851 Å². The molecule has 2 amide bonds. The number of hydrogen-bond donors (Lipinski definition) is 33. The van der Waals surface area contributed by atoms with Gasteiger partial charge in [0.25, 0.3) is 0 Å². The van der Waals surface area contributed by atoms with Crippen molar-refractivity contribution >= 4 is 11.8 Å². The molecule has 0 aromatic heterocycles. The Balaban J connectivity index is 0.999. The van der Waals surface area contributed by atoms with Gasteiger partial charge >= 0.3 is 0 Å².